The van der Waals surface area contributed by atoms with E-state index in [0.29, 0.717) is 0 Å². The number of benzene rings is 1. The highest BCUT2D eigenvalue weighted by atomic mass is 28.3. The van der Waals surface area contributed by atoms with E-state index in [1.165, 1.54) is 16.5 Å². The molecule has 0 aliphatic carbocycles. The van der Waals surface area contributed by atoms with Crippen molar-refractivity contribution in [2.24, 2.45) is 0 Å². The molecule has 0 N–H and O–H groups in total. The van der Waals surface area contributed by atoms with Gasteiger partial charge < -0.3 is 4.23 Å². The highest BCUT2D eigenvalue weighted by Gasteiger charge is 2.45. The van der Waals surface area contributed by atoms with Gasteiger partial charge in [0.25, 0.3) is 0 Å². The van der Waals surface area contributed by atoms with Gasteiger partial charge in [0.1, 0.15) is 0 Å². The van der Waals surface area contributed by atoms with Gasteiger partial charge in [-0.15, -0.1) is 0 Å². The van der Waals surface area contributed by atoms with E-state index in [1.54, 1.807) is 0 Å². The fourth-order valence-corrected chi connectivity index (χ4v) is 11.4. The molecule has 1 nitrogen and oxygen atoms in total. The molecule has 22 heavy (non-hydrogen) atoms. The molecule has 0 aliphatic heterocycles. The number of para-hydroxylation sites is 1. The third-order valence-electron chi connectivity index (χ3n) is 5.41. The molecule has 1 radical (unpaired) electrons. The van der Waals surface area contributed by atoms with Crippen LogP contribution in [0.5, 0.6) is 0 Å². The first-order valence-electron chi connectivity index (χ1n) is 8.74. The Labute approximate surface area is 137 Å². The molecule has 2 rings (SSSR count). The van der Waals surface area contributed by atoms with Gasteiger partial charge in [-0.2, -0.15) is 0 Å². The van der Waals surface area contributed by atoms with Crippen LogP contribution >= 0.6 is 0 Å². The van der Waals surface area contributed by atoms with Gasteiger partial charge in [-0.3, -0.25) is 0 Å². The summed E-state index contributed by atoms with van der Waals surface area (Å²) in [5.74, 6) is 0. The van der Waals surface area contributed by atoms with Gasteiger partial charge in [0, 0.05) is 10.9 Å². The fourth-order valence-electron chi connectivity index (χ4n) is 4.79. The van der Waals surface area contributed by atoms with Crippen molar-refractivity contribution in [3.63, 3.8) is 0 Å². The van der Waals surface area contributed by atoms with Crippen molar-refractivity contribution in [2.75, 3.05) is 0 Å². The molecular formula is C20H32NSi. The molecule has 2 aromatic rings. The van der Waals surface area contributed by atoms with E-state index in [9.17, 15) is 0 Å². The predicted molar refractivity (Wildman–Crippen MR) is 102 cm³/mol. The van der Waals surface area contributed by atoms with Crippen LogP contribution in [0.25, 0.3) is 10.9 Å². The number of rotatable bonds is 6. The summed E-state index contributed by atoms with van der Waals surface area (Å²) in [5.41, 5.74) is 5.10. The van der Waals surface area contributed by atoms with E-state index in [0.717, 1.165) is 23.0 Å². The lowest BCUT2D eigenvalue weighted by Gasteiger charge is -2.44. The molecule has 1 heterocycles. The van der Waals surface area contributed by atoms with Crippen molar-refractivity contribution in [3.8, 4) is 0 Å². The Bertz CT molecular complexity index is 600. The highest BCUT2D eigenvalue weighted by Crippen LogP contribution is 2.44. The first kappa shape index (κ1) is 17.3. The Hall–Kier alpha value is -1.02. The van der Waals surface area contributed by atoms with Crippen LogP contribution in [0.4, 0.5) is 0 Å². The highest BCUT2D eigenvalue weighted by molar-refractivity contribution is 6.82. The Morgan fingerprint density at radius 3 is 2.00 bits per heavy atom. The minimum absolute atomic E-state index is 0.724. The van der Waals surface area contributed by atoms with Crippen molar-refractivity contribution in [1.29, 1.82) is 0 Å². The maximum absolute atomic E-state index is 2.74. The summed E-state index contributed by atoms with van der Waals surface area (Å²) in [6, 6.07) is 8.99. The quantitative estimate of drug-likeness (QED) is 0.541. The molecule has 0 spiro atoms. The third kappa shape index (κ3) is 2.56. The summed E-state index contributed by atoms with van der Waals surface area (Å²) >= 11 is 0. The minimum atomic E-state index is -1.67. The summed E-state index contributed by atoms with van der Waals surface area (Å²) in [4.78, 5) is 0. The first-order chi connectivity index (χ1) is 10.4. The van der Waals surface area contributed by atoms with Gasteiger partial charge >= 0.3 is 0 Å². The molecule has 0 bridgehead atoms. The summed E-state index contributed by atoms with van der Waals surface area (Å²) < 4.78 is 2.74. The van der Waals surface area contributed by atoms with Crippen LogP contribution in [0, 0.1) is 6.42 Å². The first-order valence-corrected chi connectivity index (χ1v) is 10.9. The Balaban J connectivity index is 2.80. The standard InChI is InChI=1S/C20H32NSi/c1-8-11-18-14-21(20-13-10-9-12-19(18)20)22(15(2)3,16(4)5)17(6)7/h8-10,12-17H,11H2,1-7H3. The maximum atomic E-state index is 2.74. The molecule has 0 saturated carbocycles. The van der Waals surface area contributed by atoms with E-state index in [2.05, 4.69) is 89.6 Å². The molecule has 0 saturated heterocycles. The summed E-state index contributed by atoms with van der Waals surface area (Å²) in [7, 11) is -1.67. The molecule has 121 valence electrons. The average molecular weight is 315 g/mol. The van der Waals surface area contributed by atoms with Gasteiger partial charge in [0.05, 0.1) is 0 Å². The van der Waals surface area contributed by atoms with Crippen LogP contribution in [0.15, 0.2) is 30.5 Å². The van der Waals surface area contributed by atoms with Crippen LogP contribution in [-0.4, -0.2) is 12.5 Å². The van der Waals surface area contributed by atoms with Crippen LogP contribution in [0.1, 0.15) is 54.0 Å². The number of hydrogen-bond donors (Lipinski definition) is 0. The molecule has 0 atom stereocenters. The third-order valence-corrected chi connectivity index (χ3v) is 12.2. The second kappa shape index (κ2) is 6.62. The predicted octanol–water partition coefficient (Wildman–Crippen LogP) is 6.43. The lowest BCUT2D eigenvalue weighted by Crippen LogP contribution is -2.51. The Kier molecular flexibility index (Phi) is 5.21. The van der Waals surface area contributed by atoms with Gasteiger partial charge in [0.2, 0.25) is 0 Å². The summed E-state index contributed by atoms with van der Waals surface area (Å²) in [6.45, 7) is 16.8. The number of fused-ring (bicyclic) bond motifs is 1. The Morgan fingerprint density at radius 1 is 0.955 bits per heavy atom. The lowest BCUT2D eigenvalue weighted by atomic mass is 10.1. The zero-order chi connectivity index (χ0) is 16.5. The lowest BCUT2D eigenvalue weighted by molar-refractivity contribution is 0.772. The van der Waals surface area contributed by atoms with Gasteiger partial charge in [0.15, 0.2) is 8.24 Å². The molecule has 0 unspecified atom stereocenters. The average Bonchev–Trinajstić information content (AvgIpc) is 2.79. The van der Waals surface area contributed by atoms with Crippen LogP contribution in [-0.2, 0) is 6.42 Å². The molecule has 0 fully saturated rings. The normalized spacial score (nSPS) is 13.0. The SMILES string of the molecule is C[CH]Cc1cn([Si](C(C)C)(C(C)C)C(C)C)c2ccccc12. The van der Waals surface area contributed by atoms with E-state index in [-0.39, 0.29) is 0 Å². The van der Waals surface area contributed by atoms with E-state index in [1.807, 2.05) is 0 Å². The monoisotopic (exact) mass is 314 g/mol. The topological polar surface area (TPSA) is 4.93 Å². The second-order valence-corrected chi connectivity index (χ2v) is 13.2. The van der Waals surface area contributed by atoms with Gasteiger partial charge in [-0.05, 0) is 47.3 Å². The zero-order valence-electron chi connectivity index (χ0n) is 15.4. The molecule has 0 amide bonds. The largest absolute Gasteiger partial charge is 0.373 e. The van der Waals surface area contributed by atoms with Crippen LogP contribution in [0.3, 0.4) is 0 Å². The van der Waals surface area contributed by atoms with Crippen molar-refractivity contribution in [2.45, 2.75) is 71.5 Å². The second-order valence-electron chi connectivity index (χ2n) is 7.51. The smallest absolute Gasteiger partial charge is 0.169 e. The van der Waals surface area contributed by atoms with Crippen LogP contribution in [0.2, 0.25) is 16.6 Å². The fraction of sp³-hybridized carbons (Fsp3) is 0.550. The van der Waals surface area contributed by atoms with Gasteiger partial charge in [-0.25, -0.2) is 0 Å². The van der Waals surface area contributed by atoms with E-state index < -0.39 is 8.24 Å². The molecule has 1 aromatic carbocycles. The van der Waals surface area contributed by atoms with Crippen molar-refractivity contribution < 1.29 is 0 Å². The van der Waals surface area contributed by atoms with Crippen LogP contribution < -0.4 is 0 Å². The molecule has 2 heteroatoms. The van der Waals surface area contributed by atoms with Gasteiger partial charge in [-0.1, -0.05) is 66.7 Å². The molecule has 1 aromatic heterocycles. The maximum Gasteiger partial charge on any atom is 0.169 e. The Morgan fingerprint density at radius 2 is 1.50 bits per heavy atom. The van der Waals surface area contributed by atoms with Crippen molar-refractivity contribution in [3.05, 3.63) is 42.4 Å². The van der Waals surface area contributed by atoms with Crippen molar-refractivity contribution >= 4 is 19.1 Å². The van der Waals surface area contributed by atoms with Crippen molar-refractivity contribution in [1.82, 2.24) is 4.23 Å². The number of hydrogen-bond acceptors (Lipinski definition) is 0. The zero-order valence-corrected chi connectivity index (χ0v) is 16.4. The minimum Gasteiger partial charge on any atom is -0.373 e. The molecule has 0 aliphatic rings. The summed E-state index contributed by atoms with van der Waals surface area (Å²) in [6.07, 6.45) is 5.82. The van der Waals surface area contributed by atoms with E-state index >= 15 is 0 Å². The summed E-state index contributed by atoms with van der Waals surface area (Å²) in [5, 5.41) is 1.44. The molecular weight excluding hydrogens is 282 g/mol. The van der Waals surface area contributed by atoms with E-state index in [4.69, 9.17) is 0 Å². The number of nitrogens with zero attached hydrogens (tertiary/aromatic N) is 1. The number of aromatic nitrogens is 1.